The molecule has 0 saturated heterocycles. The molecule has 2 aromatic carbocycles. The Morgan fingerprint density at radius 3 is 2.42 bits per heavy atom. The fourth-order valence-corrected chi connectivity index (χ4v) is 3.25. The molecule has 1 aliphatic rings. The van der Waals surface area contributed by atoms with Crippen LogP contribution in [0.1, 0.15) is 18.4 Å². The minimum absolute atomic E-state index is 0.0149. The zero-order valence-electron chi connectivity index (χ0n) is 13.0. The van der Waals surface area contributed by atoms with Crippen molar-refractivity contribution in [1.82, 2.24) is 5.32 Å². The van der Waals surface area contributed by atoms with Crippen molar-refractivity contribution in [2.75, 3.05) is 11.9 Å². The molecule has 6 nitrogen and oxygen atoms in total. The second-order valence-corrected chi connectivity index (χ2v) is 7.59. The van der Waals surface area contributed by atoms with E-state index in [0.29, 0.717) is 12.2 Å². The van der Waals surface area contributed by atoms with Gasteiger partial charge in [-0.05, 0) is 36.6 Å². The molecule has 0 bridgehead atoms. The van der Waals surface area contributed by atoms with Gasteiger partial charge in [0.05, 0.1) is 4.90 Å². The van der Waals surface area contributed by atoms with Crippen molar-refractivity contribution in [3.05, 3.63) is 60.2 Å². The Bertz CT molecular complexity index is 846. The number of primary sulfonamides is 1. The molecule has 7 heteroatoms. The predicted octanol–water partition coefficient (Wildman–Crippen LogP) is 2.19. The number of rotatable bonds is 5. The molecule has 0 aliphatic heterocycles. The molecular weight excluding hydrogens is 326 g/mol. The lowest BCUT2D eigenvalue weighted by molar-refractivity contribution is 0.251. The standard InChI is InChI=1S/C17H19N3O3S/c18-24(22,23)15-8-4-7-14(11-15)20-16(21)19-12-17(9-10-17)13-5-2-1-3-6-13/h1-8,11H,9-10,12H2,(H2,18,22,23)(H2,19,20,21). The minimum atomic E-state index is -3.79. The summed E-state index contributed by atoms with van der Waals surface area (Å²) in [6, 6.07) is 15.6. The number of hydrogen-bond acceptors (Lipinski definition) is 3. The largest absolute Gasteiger partial charge is 0.337 e. The number of hydrogen-bond donors (Lipinski definition) is 3. The first-order chi connectivity index (χ1) is 11.4. The Morgan fingerprint density at radius 2 is 1.79 bits per heavy atom. The van der Waals surface area contributed by atoms with Crippen LogP contribution in [0.15, 0.2) is 59.5 Å². The number of sulfonamides is 1. The first kappa shape index (κ1) is 16.5. The van der Waals surface area contributed by atoms with Crippen LogP contribution in [-0.2, 0) is 15.4 Å². The summed E-state index contributed by atoms with van der Waals surface area (Å²) >= 11 is 0. The van der Waals surface area contributed by atoms with E-state index in [1.165, 1.54) is 23.8 Å². The summed E-state index contributed by atoms with van der Waals surface area (Å²) in [4.78, 5) is 12.0. The quantitative estimate of drug-likeness (QED) is 0.774. The van der Waals surface area contributed by atoms with E-state index in [2.05, 4.69) is 22.8 Å². The SMILES string of the molecule is NS(=O)(=O)c1cccc(NC(=O)NCC2(c3ccccc3)CC2)c1. The molecule has 0 heterocycles. The molecule has 1 aliphatic carbocycles. The number of nitrogens with one attached hydrogen (secondary N) is 2. The van der Waals surface area contributed by atoms with Gasteiger partial charge < -0.3 is 10.6 Å². The first-order valence-electron chi connectivity index (χ1n) is 7.62. The number of benzene rings is 2. The fraction of sp³-hybridized carbons (Fsp3) is 0.235. The highest BCUT2D eigenvalue weighted by molar-refractivity contribution is 7.89. The van der Waals surface area contributed by atoms with Gasteiger partial charge in [0.25, 0.3) is 0 Å². The van der Waals surface area contributed by atoms with Crippen molar-refractivity contribution >= 4 is 21.7 Å². The van der Waals surface area contributed by atoms with Crippen molar-refractivity contribution in [1.29, 1.82) is 0 Å². The maximum Gasteiger partial charge on any atom is 0.319 e. The van der Waals surface area contributed by atoms with E-state index in [4.69, 9.17) is 5.14 Å². The van der Waals surface area contributed by atoms with E-state index in [0.717, 1.165) is 12.8 Å². The molecule has 0 atom stereocenters. The van der Waals surface area contributed by atoms with E-state index >= 15 is 0 Å². The van der Waals surface area contributed by atoms with Crippen LogP contribution in [0.3, 0.4) is 0 Å². The summed E-state index contributed by atoms with van der Waals surface area (Å²) in [7, 11) is -3.79. The molecule has 0 unspecified atom stereocenters. The molecule has 4 N–H and O–H groups in total. The van der Waals surface area contributed by atoms with Crippen molar-refractivity contribution in [3.8, 4) is 0 Å². The molecule has 0 radical (unpaired) electrons. The lowest BCUT2D eigenvalue weighted by Gasteiger charge is -2.17. The molecule has 1 saturated carbocycles. The maximum atomic E-state index is 12.1. The molecule has 2 amide bonds. The van der Waals surface area contributed by atoms with E-state index in [9.17, 15) is 13.2 Å². The second kappa shape index (κ2) is 6.26. The van der Waals surface area contributed by atoms with Gasteiger partial charge in [0.2, 0.25) is 10.0 Å². The van der Waals surface area contributed by atoms with Gasteiger partial charge in [0, 0.05) is 17.6 Å². The summed E-state index contributed by atoms with van der Waals surface area (Å²) < 4.78 is 22.7. The van der Waals surface area contributed by atoms with Gasteiger partial charge >= 0.3 is 6.03 Å². The number of amides is 2. The van der Waals surface area contributed by atoms with Crippen LogP contribution in [0.5, 0.6) is 0 Å². The highest BCUT2D eigenvalue weighted by atomic mass is 32.2. The normalized spacial score (nSPS) is 15.5. The van der Waals surface area contributed by atoms with Gasteiger partial charge in [-0.15, -0.1) is 0 Å². The Hall–Kier alpha value is -2.38. The first-order valence-corrected chi connectivity index (χ1v) is 9.17. The highest BCUT2D eigenvalue weighted by Crippen LogP contribution is 2.47. The van der Waals surface area contributed by atoms with Gasteiger partial charge in [0.1, 0.15) is 0 Å². The van der Waals surface area contributed by atoms with Crippen molar-refractivity contribution in [2.24, 2.45) is 5.14 Å². The van der Waals surface area contributed by atoms with Gasteiger partial charge in [0.15, 0.2) is 0 Å². The topological polar surface area (TPSA) is 101 Å². The van der Waals surface area contributed by atoms with Crippen LogP contribution in [0.25, 0.3) is 0 Å². The number of nitrogens with two attached hydrogens (primary N) is 1. The van der Waals surface area contributed by atoms with Crippen LogP contribution in [0, 0.1) is 0 Å². The molecule has 0 spiro atoms. The third-order valence-electron chi connectivity index (χ3n) is 4.25. The van der Waals surface area contributed by atoms with Crippen LogP contribution >= 0.6 is 0 Å². The average molecular weight is 345 g/mol. The second-order valence-electron chi connectivity index (χ2n) is 6.03. The predicted molar refractivity (Wildman–Crippen MR) is 92.2 cm³/mol. The summed E-state index contributed by atoms with van der Waals surface area (Å²) in [5.41, 5.74) is 1.62. The number of carbonyl (C=O) groups excluding carboxylic acids is 1. The third kappa shape index (κ3) is 3.74. The molecule has 24 heavy (non-hydrogen) atoms. The Labute approximate surface area is 141 Å². The molecule has 126 valence electrons. The molecule has 3 rings (SSSR count). The van der Waals surface area contributed by atoms with Crippen LogP contribution in [0.2, 0.25) is 0 Å². The van der Waals surface area contributed by atoms with Crippen LogP contribution < -0.4 is 15.8 Å². The number of anilines is 1. The maximum absolute atomic E-state index is 12.1. The van der Waals surface area contributed by atoms with Crippen LogP contribution in [-0.4, -0.2) is 21.0 Å². The minimum Gasteiger partial charge on any atom is -0.337 e. The number of urea groups is 1. The lowest BCUT2D eigenvalue weighted by Crippen LogP contribution is -2.35. The monoisotopic (exact) mass is 345 g/mol. The van der Waals surface area contributed by atoms with E-state index in [1.54, 1.807) is 6.07 Å². The van der Waals surface area contributed by atoms with Crippen molar-refractivity contribution < 1.29 is 13.2 Å². The van der Waals surface area contributed by atoms with Crippen molar-refractivity contribution in [2.45, 2.75) is 23.2 Å². The summed E-state index contributed by atoms with van der Waals surface area (Å²) in [6.45, 7) is 0.539. The third-order valence-corrected chi connectivity index (χ3v) is 5.16. The summed E-state index contributed by atoms with van der Waals surface area (Å²) in [6.07, 6.45) is 2.08. The average Bonchev–Trinajstić information content (AvgIpc) is 3.35. The molecule has 1 fully saturated rings. The van der Waals surface area contributed by atoms with E-state index in [-0.39, 0.29) is 16.3 Å². The molecular formula is C17H19N3O3S. The number of carbonyl (C=O) groups is 1. The molecule has 0 aromatic heterocycles. The van der Waals surface area contributed by atoms with Gasteiger partial charge in [-0.2, -0.15) is 0 Å². The highest BCUT2D eigenvalue weighted by Gasteiger charge is 2.44. The Morgan fingerprint density at radius 1 is 1.08 bits per heavy atom. The Balaban J connectivity index is 1.61. The Kier molecular flexibility index (Phi) is 4.29. The zero-order chi connectivity index (χ0) is 17.2. The summed E-state index contributed by atoms with van der Waals surface area (Å²) in [5.74, 6) is 0. The zero-order valence-corrected chi connectivity index (χ0v) is 13.8. The van der Waals surface area contributed by atoms with Gasteiger partial charge in [-0.3, -0.25) is 0 Å². The smallest absolute Gasteiger partial charge is 0.319 e. The fourth-order valence-electron chi connectivity index (χ4n) is 2.69. The molecule has 2 aromatic rings. The van der Waals surface area contributed by atoms with E-state index < -0.39 is 10.0 Å². The van der Waals surface area contributed by atoms with Gasteiger partial charge in [-0.25, -0.2) is 18.4 Å². The summed E-state index contributed by atoms with van der Waals surface area (Å²) in [5, 5.41) is 10.6. The lowest BCUT2D eigenvalue weighted by atomic mass is 9.96. The van der Waals surface area contributed by atoms with Crippen molar-refractivity contribution in [3.63, 3.8) is 0 Å². The van der Waals surface area contributed by atoms with E-state index in [1.807, 2.05) is 18.2 Å². The van der Waals surface area contributed by atoms with Gasteiger partial charge in [-0.1, -0.05) is 36.4 Å². The van der Waals surface area contributed by atoms with Crippen LogP contribution in [0.4, 0.5) is 10.5 Å².